The number of hydrogen-bond acceptors (Lipinski definition) is 7. The quantitative estimate of drug-likeness (QED) is 0.761. The molecule has 1 N–H and O–H groups in total. The summed E-state index contributed by atoms with van der Waals surface area (Å²) in [6, 6.07) is 0. The van der Waals surface area contributed by atoms with E-state index in [1.54, 1.807) is 12.4 Å². The van der Waals surface area contributed by atoms with E-state index in [1.165, 1.54) is 6.33 Å². The molecule has 1 aliphatic rings. The minimum Gasteiger partial charge on any atom is -0.297 e. The fourth-order valence-electron chi connectivity index (χ4n) is 2.44. The number of rotatable bonds is 3. The Morgan fingerprint density at radius 1 is 1.32 bits per heavy atom. The number of sulfone groups is 1. The molecule has 0 aliphatic carbocycles. The van der Waals surface area contributed by atoms with Gasteiger partial charge in [0.15, 0.2) is 0 Å². The molecule has 22 heavy (non-hydrogen) atoms. The van der Waals surface area contributed by atoms with Crippen molar-refractivity contribution in [1.29, 1.82) is 0 Å². The second-order valence-corrected chi connectivity index (χ2v) is 7.21. The smallest absolute Gasteiger partial charge is 0.256 e. The summed E-state index contributed by atoms with van der Waals surface area (Å²) in [4.78, 5) is 28.6. The van der Waals surface area contributed by atoms with E-state index in [-0.39, 0.29) is 10.7 Å². The number of aromatic amines is 1. The lowest BCUT2D eigenvalue weighted by molar-refractivity contribution is 0.240. The molecule has 0 saturated heterocycles. The molecule has 2 aromatic rings. The van der Waals surface area contributed by atoms with Crippen LogP contribution in [0.25, 0.3) is 0 Å². The van der Waals surface area contributed by atoms with Crippen molar-refractivity contribution in [1.82, 2.24) is 24.8 Å². The zero-order valence-corrected chi connectivity index (χ0v) is 12.8. The van der Waals surface area contributed by atoms with E-state index in [2.05, 4.69) is 24.8 Å². The third-order valence-electron chi connectivity index (χ3n) is 3.50. The lowest BCUT2D eigenvalue weighted by Gasteiger charge is -2.27. The summed E-state index contributed by atoms with van der Waals surface area (Å²) < 4.78 is 23.0. The molecule has 0 amide bonds. The molecule has 3 rings (SSSR count). The monoisotopic (exact) mass is 321 g/mol. The fourth-order valence-corrected chi connectivity index (χ4v) is 2.99. The summed E-state index contributed by atoms with van der Waals surface area (Å²) in [6.45, 7) is 1.76. The molecule has 0 aromatic carbocycles. The first-order valence-electron chi connectivity index (χ1n) is 6.72. The average Bonchev–Trinajstić information content (AvgIpc) is 2.48. The molecular formula is C13H15N5O3S. The van der Waals surface area contributed by atoms with Crippen LogP contribution in [0.15, 0.2) is 28.7 Å². The molecule has 0 bridgehead atoms. The Bertz CT molecular complexity index is 848. The maximum absolute atomic E-state index is 12.1. The lowest BCUT2D eigenvalue weighted by Crippen LogP contribution is -2.36. The summed E-state index contributed by atoms with van der Waals surface area (Å²) in [5.41, 5.74) is 1.66. The van der Waals surface area contributed by atoms with Crippen LogP contribution < -0.4 is 5.56 Å². The molecule has 0 spiro atoms. The second kappa shape index (κ2) is 5.58. The molecule has 0 radical (unpaired) electrons. The largest absolute Gasteiger partial charge is 0.297 e. The number of hydrogen-bond donors (Lipinski definition) is 1. The van der Waals surface area contributed by atoms with E-state index < -0.39 is 9.84 Å². The van der Waals surface area contributed by atoms with E-state index in [0.29, 0.717) is 37.3 Å². The predicted octanol–water partition coefficient (Wildman–Crippen LogP) is -0.478. The molecule has 8 nitrogen and oxygen atoms in total. The molecule has 0 unspecified atom stereocenters. The van der Waals surface area contributed by atoms with Crippen LogP contribution in [0.3, 0.4) is 0 Å². The Kier molecular flexibility index (Phi) is 3.75. The van der Waals surface area contributed by atoms with Gasteiger partial charge in [0.1, 0.15) is 6.33 Å². The third-order valence-corrected chi connectivity index (χ3v) is 4.39. The van der Waals surface area contributed by atoms with E-state index in [0.717, 1.165) is 11.8 Å². The van der Waals surface area contributed by atoms with Gasteiger partial charge in [0.05, 0.1) is 11.3 Å². The number of fused-ring (bicyclic) bond motifs is 1. The van der Waals surface area contributed by atoms with Gasteiger partial charge in [-0.15, -0.1) is 0 Å². The van der Waals surface area contributed by atoms with Crippen molar-refractivity contribution in [2.75, 3.05) is 12.8 Å². The van der Waals surface area contributed by atoms with Gasteiger partial charge in [-0.25, -0.2) is 23.4 Å². The molecule has 3 heterocycles. The molecule has 0 atom stereocenters. The van der Waals surface area contributed by atoms with Gasteiger partial charge in [-0.2, -0.15) is 0 Å². The van der Waals surface area contributed by atoms with Gasteiger partial charge in [-0.05, 0) is 0 Å². The predicted molar refractivity (Wildman–Crippen MR) is 77.8 cm³/mol. The van der Waals surface area contributed by atoms with Crippen molar-refractivity contribution < 1.29 is 8.42 Å². The van der Waals surface area contributed by atoms with Crippen molar-refractivity contribution in [3.8, 4) is 0 Å². The Balaban J connectivity index is 1.86. The summed E-state index contributed by atoms with van der Waals surface area (Å²) in [6.07, 6.45) is 6.50. The Labute approximate surface area is 127 Å². The maximum Gasteiger partial charge on any atom is 0.256 e. The van der Waals surface area contributed by atoms with E-state index >= 15 is 0 Å². The van der Waals surface area contributed by atoms with Gasteiger partial charge >= 0.3 is 0 Å². The van der Waals surface area contributed by atoms with Crippen LogP contribution in [-0.4, -0.2) is 46.1 Å². The number of H-pyrrole nitrogens is 1. The Morgan fingerprint density at radius 2 is 2.05 bits per heavy atom. The molecular weight excluding hydrogens is 306 g/mol. The highest BCUT2D eigenvalue weighted by Gasteiger charge is 2.23. The summed E-state index contributed by atoms with van der Waals surface area (Å²) in [5.74, 6) is 0. The van der Waals surface area contributed by atoms with Crippen molar-refractivity contribution in [3.63, 3.8) is 0 Å². The molecule has 116 valence electrons. The van der Waals surface area contributed by atoms with Crippen LogP contribution in [0.2, 0.25) is 0 Å². The highest BCUT2D eigenvalue weighted by Crippen LogP contribution is 2.16. The normalized spacial score (nSPS) is 15.5. The zero-order chi connectivity index (χ0) is 15.7. The molecule has 0 fully saturated rings. The molecule has 1 aliphatic heterocycles. The average molecular weight is 321 g/mol. The molecule has 2 aromatic heterocycles. The number of nitrogens with one attached hydrogen (secondary N) is 1. The zero-order valence-electron chi connectivity index (χ0n) is 12.0. The summed E-state index contributed by atoms with van der Waals surface area (Å²) in [5, 5.41) is -0.263. The van der Waals surface area contributed by atoms with Crippen molar-refractivity contribution >= 4 is 9.84 Å². The van der Waals surface area contributed by atoms with Crippen LogP contribution in [0.1, 0.15) is 16.8 Å². The van der Waals surface area contributed by atoms with E-state index in [4.69, 9.17) is 0 Å². The maximum atomic E-state index is 12.1. The van der Waals surface area contributed by atoms with Crippen LogP contribution in [0, 0.1) is 0 Å². The Hall–Kier alpha value is -2.13. The van der Waals surface area contributed by atoms with Gasteiger partial charge in [0.2, 0.25) is 15.0 Å². The van der Waals surface area contributed by atoms with Crippen molar-refractivity contribution in [2.24, 2.45) is 0 Å². The fraction of sp³-hybridized carbons (Fsp3) is 0.385. The van der Waals surface area contributed by atoms with Gasteiger partial charge < -0.3 is 0 Å². The number of aromatic nitrogens is 4. The topological polar surface area (TPSA) is 109 Å². The highest BCUT2D eigenvalue weighted by molar-refractivity contribution is 7.90. The van der Waals surface area contributed by atoms with Gasteiger partial charge in [0.25, 0.3) is 5.56 Å². The Morgan fingerprint density at radius 3 is 2.73 bits per heavy atom. The second-order valence-electron chi connectivity index (χ2n) is 5.28. The first-order valence-corrected chi connectivity index (χ1v) is 8.61. The first-order chi connectivity index (χ1) is 10.4. The van der Waals surface area contributed by atoms with Gasteiger partial charge in [0, 0.05) is 50.3 Å². The van der Waals surface area contributed by atoms with Crippen LogP contribution in [0.5, 0.6) is 0 Å². The summed E-state index contributed by atoms with van der Waals surface area (Å²) >= 11 is 0. The first kappa shape index (κ1) is 14.8. The van der Waals surface area contributed by atoms with E-state index in [9.17, 15) is 13.2 Å². The minimum absolute atomic E-state index is 0.263. The number of nitrogens with zero attached hydrogens (tertiary/aromatic N) is 4. The van der Waals surface area contributed by atoms with Crippen LogP contribution in [0.4, 0.5) is 0 Å². The van der Waals surface area contributed by atoms with Crippen LogP contribution in [-0.2, 0) is 29.3 Å². The SMILES string of the molecule is CS(=O)(=O)c1nc2c(c(=O)[nH]1)CN(Cc1cncnc1)CC2. The molecule has 9 heteroatoms. The third kappa shape index (κ3) is 3.04. The van der Waals surface area contributed by atoms with Crippen molar-refractivity contribution in [3.05, 3.63) is 45.9 Å². The minimum atomic E-state index is -3.52. The van der Waals surface area contributed by atoms with Gasteiger partial charge in [-0.1, -0.05) is 0 Å². The van der Waals surface area contributed by atoms with Crippen molar-refractivity contribution in [2.45, 2.75) is 24.7 Å². The van der Waals surface area contributed by atoms with E-state index in [1.807, 2.05) is 0 Å². The standard InChI is InChI=1S/C13H15N5O3S/c1-22(20,21)13-16-11-2-3-18(7-10(11)12(19)17-13)6-9-4-14-8-15-5-9/h4-5,8H,2-3,6-7H2,1H3,(H,16,17,19). The van der Waals surface area contributed by atoms with Crippen LogP contribution >= 0.6 is 0 Å². The summed E-state index contributed by atoms with van der Waals surface area (Å²) in [7, 11) is -3.52. The lowest BCUT2D eigenvalue weighted by atomic mass is 10.1. The highest BCUT2D eigenvalue weighted by atomic mass is 32.2. The molecule has 0 saturated carbocycles. The van der Waals surface area contributed by atoms with Gasteiger partial charge in [-0.3, -0.25) is 14.7 Å².